The van der Waals surface area contributed by atoms with Gasteiger partial charge in [0.05, 0.1) is 26.9 Å². The number of amides is 1. The van der Waals surface area contributed by atoms with Gasteiger partial charge in [0.2, 0.25) is 0 Å². The number of morpholine rings is 1. The summed E-state index contributed by atoms with van der Waals surface area (Å²) in [6.45, 7) is 3.05. The number of hydrogen-bond acceptors (Lipinski definition) is 5. The SMILES string of the molecule is COc1ccc(C(=O)N(C)CC2CN(C)CCO2)cc1OC. The van der Waals surface area contributed by atoms with E-state index in [-0.39, 0.29) is 12.0 Å². The van der Waals surface area contributed by atoms with Crippen LogP contribution in [-0.2, 0) is 4.74 Å². The van der Waals surface area contributed by atoms with Crippen LogP contribution in [-0.4, -0.2) is 76.4 Å². The third-order valence-corrected chi connectivity index (χ3v) is 3.80. The van der Waals surface area contributed by atoms with Crippen LogP contribution >= 0.6 is 0 Å². The Bertz CT molecular complexity index is 521. The predicted octanol–water partition coefficient (Wildman–Crippen LogP) is 1.11. The lowest BCUT2D eigenvalue weighted by Gasteiger charge is -2.32. The molecule has 0 aromatic heterocycles. The molecule has 122 valence electrons. The summed E-state index contributed by atoms with van der Waals surface area (Å²) >= 11 is 0. The maximum Gasteiger partial charge on any atom is 0.253 e. The van der Waals surface area contributed by atoms with E-state index < -0.39 is 0 Å². The van der Waals surface area contributed by atoms with Crippen molar-refractivity contribution < 1.29 is 19.0 Å². The Morgan fingerprint density at radius 1 is 1.36 bits per heavy atom. The Morgan fingerprint density at radius 2 is 2.09 bits per heavy atom. The molecule has 1 aromatic carbocycles. The average Bonchev–Trinajstić information content (AvgIpc) is 2.53. The number of hydrogen-bond donors (Lipinski definition) is 0. The van der Waals surface area contributed by atoms with Crippen LogP contribution in [0.25, 0.3) is 0 Å². The molecule has 6 heteroatoms. The number of rotatable bonds is 5. The van der Waals surface area contributed by atoms with Crippen LogP contribution in [0, 0.1) is 0 Å². The lowest BCUT2D eigenvalue weighted by Crippen LogP contribution is -2.46. The molecular formula is C16H24N2O4. The van der Waals surface area contributed by atoms with Gasteiger partial charge in [0.15, 0.2) is 11.5 Å². The highest BCUT2D eigenvalue weighted by molar-refractivity contribution is 5.94. The first kappa shape index (κ1) is 16.6. The van der Waals surface area contributed by atoms with Crippen molar-refractivity contribution in [2.45, 2.75) is 6.10 Å². The van der Waals surface area contributed by atoms with E-state index >= 15 is 0 Å². The largest absolute Gasteiger partial charge is 0.493 e. The molecule has 1 aliphatic heterocycles. The Balaban J connectivity index is 2.03. The quantitative estimate of drug-likeness (QED) is 0.815. The highest BCUT2D eigenvalue weighted by Crippen LogP contribution is 2.28. The van der Waals surface area contributed by atoms with Gasteiger partial charge >= 0.3 is 0 Å². The highest BCUT2D eigenvalue weighted by atomic mass is 16.5. The molecule has 1 fully saturated rings. The normalized spacial score (nSPS) is 18.8. The van der Waals surface area contributed by atoms with E-state index in [2.05, 4.69) is 11.9 Å². The smallest absolute Gasteiger partial charge is 0.253 e. The number of carbonyl (C=O) groups is 1. The monoisotopic (exact) mass is 308 g/mol. The zero-order valence-electron chi connectivity index (χ0n) is 13.7. The molecule has 0 aliphatic carbocycles. The van der Waals surface area contributed by atoms with Gasteiger partial charge in [-0.3, -0.25) is 4.79 Å². The van der Waals surface area contributed by atoms with E-state index in [4.69, 9.17) is 14.2 Å². The van der Waals surface area contributed by atoms with E-state index in [1.165, 1.54) is 0 Å². The molecule has 0 radical (unpaired) electrons. The summed E-state index contributed by atoms with van der Waals surface area (Å²) in [5, 5.41) is 0. The molecule has 22 heavy (non-hydrogen) atoms. The van der Waals surface area contributed by atoms with Gasteiger partial charge in [-0.05, 0) is 25.2 Å². The van der Waals surface area contributed by atoms with Gasteiger partial charge in [-0.1, -0.05) is 0 Å². The maximum absolute atomic E-state index is 12.5. The van der Waals surface area contributed by atoms with Crippen molar-refractivity contribution >= 4 is 5.91 Å². The molecule has 0 N–H and O–H groups in total. The summed E-state index contributed by atoms with van der Waals surface area (Å²) in [6, 6.07) is 5.18. The topological polar surface area (TPSA) is 51.2 Å². The minimum atomic E-state index is -0.0576. The Hall–Kier alpha value is -1.79. The highest BCUT2D eigenvalue weighted by Gasteiger charge is 2.22. The fraction of sp³-hybridized carbons (Fsp3) is 0.562. The van der Waals surface area contributed by atoms with Gasteiger partial charge in [0.25, 0.3) is 5.91 Å². The van der Waals surface area contributed by atoms with E-state index in [1.807, 2.05) is 0 Å². The molecule has 1 amide bonds. The van der Waals surface area contributed by atoms with Crippen LogP contribution in [0.15, 0.2) is 18.2 Å². The van der Waals surface area contributed by atoms with Crippen molar-refractivity contribution in [2.75, 3.05) is 54.6 Å². The summed E-state index contributed by atoms with van der Waals surface area (Å²) < 4.78 is 16.1. The van der Waals surface area contributed by atoms with Crippen LogP contribution in [0.5, 0.6) is 11.5 Å². The van der Waals surface area contributed by atoms with Gasteiger partial charge in [0, 0.05) is 32.2 Å². The van der Waals surface area contributed by atoms with Crippen molar-refractivity contribution in [2.24, 2.45) is 0 Å². The maximum atomic E-state index is 12.5. The molecule has 1 unspecified atom stereocenters. The van der Waals surface area contributed by atoms with E-state index in [1.54, 1.807) is 44.4 Å². The van der Waals surface area contributed by atoms with Crippen LogP contribution in [0.1, 0.15) is 10.4 Å². The fourth-order valence-electron chi connectivity index (χ4n) is 2.56. The third-order valence-electron chi connectivity index (χ3n) is 3.80. The van der Waals surface area contributed by atoms with E-state index in [0.29, 0.717) is 30.2 Å². The second kappa shape index (κ2) is 7.47. The van der Waals surface area contributed by atoms with Crippen molar-refractivity contribution in [1.82, 2.24) is 9.80 Å². The molecule has 2 rings (SSSR count). The number of methoxy groups -OCH3 is 2. The Morgan fingerprint density at radius 3 is 2.73 bits per heavy atom. The lowest BCUT2D eigenvalue weighted by atomic mass is 10.1. The molecule has 1 heterocycles. The van der Waals surface area contributed by atoms with E-state index in [9.17, 15) is 4.79 Å². The minimum absolute atomic E-state index is 0.0489. The zero-order chi connectivity index (χ0) is 16.1. The summed E-state index contributed by atoms with van der Waals surface area (Å²) in [7, 11) is 6.98. The number of carbonyl (C=O) groups excluding carboxylic acids is 1. The molecule has 0 spiro atoms. The van der Waals surface area contributed by atoms with Gasteiger partial charge in [0.1, 0.15) is 0 Å². The molecule has 1 saturated heterocycles. The first-order chi connectivity index (χ1) is 10.5. The standard InChI is InChI=1S/C16H24N2O4/c1-17-7-8-22-13(10-17)11-18(2)16(19)12-5-6-14(20-3)15(9-12)21-4/h5-6,9,13H,7-8,10-11H2,1-4H3. The van der Waals surface area contributed by atoms with Crippen molar-refractivity contribution in [3.8, 4) is 11.5 Å². The van der Waals surface area contributed by atoms with Crippen LogP contribution in [0.4, 0.5) is 0 Å². The first-order valence-corrected chi connectivity index (χ1v) is 7.32. The van der Waals surface area contributed by atoms with E-state index in [0.717, 1.165) is 13.1 Å². The van der Waals surface area contributed by atoms with Gasteiger partial charge in [-0.15, -0.1) is 0 Å². The van der Waals surface area contributed by atoms with Crippen LogP contribution in [0.3, 0.4) is 0 Å². The van der Waals surface area contributed by atoms with Gasteiger partial charge in [-0.2, -0.15) is 0 Å². The number of ether oxygens (including phenoxy) is 3. The predicted molar refractivity (Wildman–Crippen MR) is 83.7 cm³/mol. The lowest BCUT2D eigenvalue weighted by molar-refractivity contribution is -0.0301. The molecule has 0 bridgehead atoms. The molecule has 0 saturated carbocycles. The second-order valence-corrected chi connectivity index (χ2v) is 5.51. The zero-order valence-corrected chi connectivity index (χ0v) is 13.7. The summed E-state index contributed by atoms with van der Waals surface area (Å²) in [4.78, 5) is 16.4. The third kappa shape index (κ3) is 3.90. The summed E-state index contributed by atoms with van der Waals surface area (Å²) in [6.07, 6.45) is 0.0489. The first-order valence-electron chi connectivity index (χ1n) is 7.32. The molecule has 1 aliphatic rings. The fourth-order valence-corrected chi connectivity index (χ4v) is 2.56. The van der Waals surface area contributed by atoms with Gasteiger partial charge < -0.3 is 24.0 Å². The molecule has 6 nitrogen and oxygen atoms in total. The second-order valence-electron chi connectivity index (χ2n) is 5.51. The number of likely N-dealkylation sites (N-methyl/N-ethyl adjacent to an activating group) is 2. The number of benzene rings is 1. The molecule has 1 atom stereocenters. The van der Waals surface area contributed by atoms with Crippen molar-refractivity contribution in [3.05, 3.63) is 23.8 Å². The number of nitrogens with zero attached hydrogens (tertiary/aromatic N) is 2. The average molecular weight is 308 g/mol. The van der Waals surface area contributed by atoms with Gasteiger partial charge in [-0.25, -0.2) is 0 Å². The summed E-state index contributed by atoms with van der Waals surface area (Å²) in [5.74, 6) is 1.10. The van der Waals surface area contributed by atoms with Crippen LogP contribution in [0.2, 0.25) is 0 Å². The Labute approximate surface area is 131 Å². The minimum Gasteiger partial charge on any atom is -0.493 e. The summed E-state index contributed by atoms with van der Waals surface area (Å²) in [5.41, 5.74) is 0.573. The molecule has 1 aromatic rings. The van der Waals surface area contributed by atoms with Crippen molar-refractivity contribution in [3.63, 3.8) is 0 Å². The van der Waals surface area contributed by atoms with Crippen molar-refractivity contribution in [1.29, 1.82) is 0 Å². The van der Waals surface area contributed by atoms with Crippen LogP contribution < -0.4 is 9.47 Å². The molecular weight excluding hydrogens is 284 g/mol. The Kier molecular flexibility index (Phi) is 5.63.